The van der Waals surface area contributed by atoms with Gasteiger partial charge < -0.3 is 10.6 Å². The van der Waals surface area contributed by atoms with Crippen molar-refractivity contribution in [2.24, 2.45) is 5.41 Å². The van der Waals surface area contributed by atoms with E-state index in [1.165, 1.54) is 36.9 Å². The smallest absolute Gasteiger partial charge is 0.251 e. The summed E-state index contributed by atoms with van der Waals surface area (Å²) in [5.41, 5.74) is 3.65. The number of fused-ring (bicyclic) bond motifs is 1. The van der Waals surface area contributed by atoms with E-state index in [9.17, 15) is 4.79 Å². The first-order valence-corrected chi connectivity index (χ1v) is 7.87. The third-order valence-electron chi connectivity index (χ3n) is 5.09. The Morgan fingerprint density at radius 2 is 2.20 bits per heavy atom. The van der Waals surface area contributed by atoms with Gasteiger partial charge in [-0.25, -0.2) is 0 Å². The molecule has 2 N–H and O–H groups in total. The van der Waals surface area contributed by atoms with Crippen LogP contribution in [-0.4, -0.2) is 19.0 Å². The highest BCUT2D eigenvalue weighted by molar-refractivity contribution is 5.95. The lowest BCUT2D eigenvalue weighted by molar-refractivity contribution is 0.0850. The Labute approximate surface area is 121 Å². The summed E-state index contributed by atoms with van der Waals surface area (Å²) < 4.78 is 0. The van der Waals surface area contributed by atoms with Crippen LogP contribution in [0.2, 0.25) is 0 Å². The average molecular weight is 272 g/mol. The van der Waals surface area contributed by atoms with Crippen molar-refractivity contribution >= 4 is 11.6 Å². The van der Waals surface area contributed by atoms with Crippen LogP contribution in [0.4, 0.5) is 5.69 Å². The molecule has 0 unspecified atom stereocenters. The van der Waals surface area contributed by atoms with Crippen LogP contribution < -0.4 is 10.6 Å². The molecule has 1 aliphatic heterocycles. The molecule has 1 amide bonds. The second-order valence-corrected chi connectivity index (χ2v) is 6.29. The summed E-state index contributed by atoms with van der Waals surface area (Å²) in [6.07, 6.45) is 7.23. The van der Waals surface area contributed by atoms with Crippen molar-refractivity contribution in [3.8, 4) is 0 Å². The number of carbonyl (C=O) groups excluding carboxylic acids is 1. The summed E-state index contributed by atoms with van der Waals surface area (Å²) in [6, 6.07) is 6.03. The van der Waals surface area contributed by atoms with Gasteiger partial charge in [-0.15, -0.1) is 0 Å². The molecule has 1 fully saturated rings. The molecular formula is C17H24N2O. The SMILES string of the molecule is CCC1(CNC(=O)c2ccc3c(c2)CCCN3)CCC1. The van der Waals surface area contributed by atoms with Crippen LogP contribution in [0.15, 0.2) is 18.2 Å². The summed E-state index contributed by atoms with van der Waals surface area (Å²) in [4.78, 5) is 12.3. The molecule has 1 aromatic carbocycles. The second kappa shape index (κ2) is 5.47. The number of hydrogen-bond acceptors (Lipinski definition) is 2. The molecule has 1 heterocycles. The zero-order chi connectivity index (χ0) is 14.0. The highest BCUT2D eigenvalue weighted by Gasteiger charge is 2.35. The van der Waals surface area contributed by atoms with E-state index in [1.807, 2.05) is 12.1 Å². The number of amides is 1. The third-order valence-corrected chi connectivity index (χ3v) is 5.09. The first kappa shape index (κ1) is 13.5. The fourth-order valence-electron chi connectivity index (χ4n) is 3.32. The van der Waals surface area contributed by atoms with Gasteiger partial charge in [0.05, 0.1) is 0 Å². The molecule has 2 aliphatic rings. The Balaban J connectivity index is 1.65. The summed E-state index contributed by atoms with van der Waals surface area (Å²) in [6.45, 7) is 4.10. The molecule has 3 heteroatoms. The van der Waals surface area contributed by atoms with Crippen molar-refractivity contribution in [3.63, 3.8) is 0 Å². The highest BCUT2D eigenvalue weighted by Crippen LogP contribution is 2.43. The van der Waals surface area contributed by atoms with Crippen LogP contribution in [0.3, 0.4) is 0 Å². The Morgan fingerprint density at radius 3 is 2.90 bits per heavy atom. The average Bonchev–Trinajstić information content (AvgIpc) is 2.46. The van der Waals surface area contributed by atoms with Gasteiger partial charge in [0, 0.05) is 24.3 Å². The van der Waals surface area contributed by atoms with Gasteiger partial charge in [-0.05, 0) is 61.3 Å². The maximum absolute atomic E-state index is 12.3. The quantitative estimate of drug-likeness (QED) is 0.882. The van der Waals surface area contributed by atoms with Crippen molar-refractivity contribution in [2.75, 3.05) is 18.4 Å². The number of hydrogen-bond donors (Lipinski definition) is 2. The molecule has 1 saturated carbocycles. The highest BCUT2D eigenvalue weighted by atomic mass is 16.1. The molecule has 0 saturated heterocycles. The molecular weight excluding hydrogens is 248 g/mol. The van der Waals surface area contributed by atoms with Crippen LogP contribution in [-0.2, 0) is 6.42 Å². The topological polar surface area (TPSA) is 41.1 Å². The molecule has 0 aromatic heterocycles. The lowest BCUT2D eigenvalue weighted by Crippen LogP contribution is -2.41. The zero-order valence-corrected chi connectivity index (χ0v) is 12.3. The minimum Gasteiger partial charge on any atom is -0.385 e. The van der Waals surface area contributed by atoms with Crippen LogP contribution >= 0.6 is 0 Å². The van der Waals surface area contributed by atoms with Crippen molar-refractivity contribution in [1.29, 1.82) is 0 Å². The summed E-state index contributed by atoms with van der Waals surface area (Å²) in [5.74, 6) is 0.0816. The molecule has 0 bridgehead atoms. The van der Waals surface area contributed by atoms with Gasteiger partial charge in [-0.3, -0.25) is 4.79 Å². The van der Waals surface area contributed by atoms with E-state index < -0.39 is 0 Å². The lowest BCUT2D eigenvalue weighted by Gasteiger charge is -2.41. The molecule has 1 aliphatic carbocycles. The molecule has 3 nitrogen and oxygen atoms in total. The van der Waals surface area contributed by atoms with Crippen LogP contribution in [0.5, 0.6) is 0 Å². The first-order chi connectivity index (χ1) is 9.72. The Kier molecular flexibility index (Phi) is 3.68. The molecule has 108 valence electrons. The second-order valence-electron chi connectivity index (χ2n) is 6.29. The van der Waals surface area contributed by atoms with Crippen molar-refractivity contribution in [3.05, 3.63) is 29.3 Å². The van der Waals surface area contributed by atoms with E-state index in [0.717, 1.165) is 31.5 Å². The number of nitrogens with one attached hydrogen (secondary N) is 2. The Hall–Kier alpha value is -1.51. The van der Waals surface area contributed by atoms with E-state index >= 15 is 0 Å². The van der Waals surface area contributed by atoms with Gasteiger partial charge >= 0.3 is 0 Å². The maximum Gasteiger partial charge on any atom is 0.251 e. The number of aryl methyl sites for hydroxylation is 1. The van der Waals surface area contributed by atoms with Crippen LogP contribution in [0, 0.1) is 5.41 Å². The maximum atomic E-state index is 12.3. The number of anilines is 1. The van der Waals surface area contributed by atoms with Gasteiger partial charge in [0.25, 0.3) is 5.91 Å². The van der Waals surface area contributed by atoms with E-state index in [2.05, 4.69) is 23.6 Å². The third kappa shape index (κ3) is 2.54. The van der Waals surface area contributed by atoms with Crippen LogP contribution in [0.25, 0.3) is 0 Å². The molecule has 20 heavy (non-hydrogen) atoms. The first-order valence-electron chi connectivity index (χ1n) is 7.87. The standard InChI is InChI=1S/C17H24N2O/c1-2-17(8-4-9-17)12-19-16(20)14-6-7-15-13(11-14)5-3-10-18-15/h6-7,11,18H,2-5,8-10,12H2,1H3,(H,19,20). The number of benzene rings is 1. The molecule has 1 aromatic rings. The molecule has 0 atom stereocenters. The number of rotatable bonds is 4. The summed E-state index contributed by atoms with van der Waals surface area (Å²) in [5, 5.41) is 6.52. The van der Waals surface area contributed by atoms with Gasteiger partial charge in [0.2, 0.25) is 0 Å². The van der Waals surface area contributed by atoms with Gasteiger partial charge in [-0.1, -0.05) is 13.3 Å². The van der Waals surface area contributed by atoms with Gasteiger partial charge in [0.15, 0.2) is 0 Å². The van der Waals surface area contributed by atoms with Gasteiger partial charge in [0.1, 0.15) is 0 Å². The van der Waals surface area contributed by atoms with E-state index in [4.69, 9.17) is 0 Å². The fraction of sp³-hybridized carbons (Fsp3) is 0.588. The summed E-state index contributed by atoms with van der Waals surface area (Å²) >= 11 is 0. The van der Waals surface area contributed by atoms with Crippen molar-refractivity contribution < 1.29 is 4.79 Å². The monoisotopic (exact) mass is 272 g/mol. The minimum absolute atomic E-state index is 0.0816. The van der Waals surface area contributed by atoms with Crippen molar-refractivity contribution in [1.82, 2.24) is 5.32 Å². The molecule has 0 radical (unpaired) electrons. The minimum atomic E-state index is 0.0816. The molecule has 3 rings (SSSR count). The summed E-state index contributed by atoms with van der Waals surface area (Å²) in [7, 11) is 0. The Bertz CT molecular complexity index is 500. The Morgan fingerprint density at radius 1 is 1.35 bits per heavy atom. The molecule has 0 spiro atoms. The number of carbonyl (C=O) groups is 1. The van der Waals surface area contributed by atoms with E-state index in [0.29, 0.717) is 5.41 Å². The predicted molar refractivity (Wildman–Crippen MR) is 82.2 cm³/mol. The predicted octanol–water partition coefficient (Wildman–Crippen LogP) is 3.35. The fourth-order valence-corrected chi connectivity index (χ4v) is 3.32. The lowest BCUT2D eigenvalue weighted by atomic mass is 9.67. The normalized spacial score (nSPS) is 19.4. The van der Waals surface area contributed by atoms with Crippen LogP contribution in [0.1, 0.15) is 54.9 Å². The van der Waals surface area contributed by atoms with E-state index in [1.54, 1.807) is 0 Å². The zero-order valence-electron chi connectivity index (χ0n) is 12.3. The largest absolute Gasteiger partial charge is 0.385 e. The van der Waals surface area contributed by atoms with E-state index in [-0.39, 0.29) is 5.91 Å². The van der Waals surface area contributed by atoms with Crippen molar-refractivity contribution in [2.45, 2.75) is 45.4 Å². The van der Waals surface area contributed by atoms with Gasteiger partial charge in [-0.2, -0.15) is 0 Å².